The Morgan fingerprint density at radius 2 is 1.90 bits per heavy atom. The van der Waals surface area contributed by atoms with Gasteiger partial charge in [-0.15, -0.1) is 0 Å². The molecule has 0 radical (unpaired) electrons. The molecule has 2 N–H and O–H groups in total. The predicted molar refractivity (Wildman–Crippen MR) is 86.4 cm³/mol. The van der Waals surface area contributed by atoms with Gasteiger partial charge in [-0.05, 0) is 30.2 Å². The Bertz CT molecular complexity index is 442. The minimum Gasteiger partial charge on any atom is -0.381 e. The summed E-state index contributed by atoms with van der Waals surface area (Å²) in [5, 5.41) is 0. The highest BCUT2D eigenvalue weighted by molar-refractivity contribution is 5.23. The van der Waals surface area contributed by atoms with Gasteiger partial charge >= 0.3 is 0 Å². The maximum absolute atomic E-state index is 6.42. The number of likely N-dealkylation sites (tertiary alicyclic amines) is 1. The van der Waals surface area contributed by atoms with E-state index in [2.05, 4.69) is 42.2 Å². The summed E-state index contributed by atoms with van der Waals surface area (Å²) in [6.07, 6.45) is 3.65. The molecule has 3 heteroatoms. The fraction of sp³-hybridized carbons (Fsp3) is 0.667. The molecule has 1 aromatic carbocycles. The van der Waals surface area contributed by atoms with Crippen LogP contribution in [0.5, 0.6) is 0 Å². The number of hydrogen-bond donors (Lipinski definition) is 1. The van der Waals surface area contributed by atoms with Crippen LogP contribution < -0.4 is 5.73 Å². The topological polar surface area (TPSA) is 38.5 Å². The second-order valence-corrected chi connectivity index (χ2v) is 6.84. The second-order valence-electron chi connectivity index (χ2n) is 6.84. The minimum atomic E-state index is 0.265. The Balaban J connectivity index is 1.65. The van der Waals surface area contributed by atoms with Gasteiger partial charge in [0.25, 0.3) is 0 Å². The van der Waals surface area contributed by atoms with Crippen LogP contribution in [-0.2, 0) is 4.74 Å². The average molecular weight is 288 g/mol. The summed E-state index contributed by atoms with van der Waals surface area (Å²) in [6, 6.07) is 11.0. The molecule has 2 aliphatic heterocycles. The molecule has 0 unspecified atom stereocenters. The smallest absolute Gasteiger partial charge is 0.0471 e. The lowest BCUT2D eigenvalue weighted by Gasteiger charge is -2.39. The van der Waals surface area contributed by atoms with Crippen molar-refractivity contribution in [1.29, 1.82) is 0 Å². The molecule has 3 rings (SSSR count). The van der Waals surface area contributed by atoms with Crippen LogP contribution in [0.2, 0.25) is 0 Å². The first kappa shape index (κ1) is 15.0. The summed E-state index contributed by atoms with van der Waals surface area (Å²) >= 11 is 0. The third-order valence-electron chi connectivity index (χ3n) is 5.53. The van der Waals surface area contributed by atoms with Gasteiger partial charge in [-0.3, -0.25) is 0 Å². The molecule has 0 amide bonds. The molecule has 2 saturated heterocycles. The van der Waals surface area contributed by atoms with Gasteiger partial charge in [-0.2, -0.15) is 0 Å². The highest BCUT2D eigenvalue weighted by Crippen LogP contribution is 2.37. The van der Waals surface area contributed by atoms with Crippen molar-refractivity contribution in [1.82, 2.24) is 4.90 Å². The largest absolute Gasteiger partial charge is 0.381 e. The molecule has 0 saturated carbocycles. The van der Waals surface area contributed by atoms with Crippen LogP contribution in [0, 0.1) is 5.41 Å². The van der Waals surface area contributed by atoms with Crippen molar-refractivity contribution in [2.24, 2.45) is 11.1 Å². The Morgan fingerprint density at radius 1 is 1.19 bits per heavy atom. The van der Waals surface area contributed by atoms with Crippen molar-refractivity contribution in [3.05, 3.63) is 35.9 Å². The molecule has 21 heavy (non-hydrogen) atoms. The van der Waals surface area contributed by atoms with Crippen LogP contribution in [0.3, 0.4) is 0 Å². The molecule has 2 fully saturated rings. The minimum absolute atomic E-state index is 0.265. The third-order valence-corrected chi connectivity index (χ3v) is 5.53. The van der Waals surface area contributed by atoms with Crippen LogP contribution in [0.15, 0.2) is 30.3 Å². The number of ether oxygens (including phenoxy) is 1. The molecular weight excluding hydrogens is 260 g/mol. The van der Waals surface area contributed by atoms with E-state index in [-0.39, 0.29) is 6.04 Å². The second kappa shape index (κ2) is 6.47. The van der Waals surface area contributed by atoms with Gasteiger partial charge in [0, 0.05) is 44.8 Å². The normalized spacial score (nSPS) is 29.6. The monoisotopic (exact) mass is 288 g/mol. The van der Waals surface area contributed by atoms with E-state index in [1.165, 1.54) is 31.4 Å². The molecular formula is C18H28N2O. The number of nitrogens with two attached hydrogens (primary N) is 1. The van der Waals surface area contributed by atoms with Crippen LogP contribution in [-0.4, -0.2) is 43.8 Å². The fourth-order valence-corrected chi connectivity index (χ4v) is 4.00. The van der Waals surface area contributed by atoms with E-state index < -0.39 is 0 Å². The molecule has 0 spiro atoms. The maximum atomic E-state index is 6.42. The molecule has 0 bridgehead atoms. The quantitative estimate of drug-likeness (QED) is 0.925. The van der Waals surface area contributed by atoms with E-state index in [1.54, 1.807) is 0 Å². The molecule has 0 aliphatic carbocycles. The van der Waals surface area contributed by atoms with Crippen molar-refractivity contribution in [2.75, 3.05) is 32.8 Å². The summed E-state index contributed by atoms with van der Waals surface area (Å²) in [7, 11) is 0. The van der Waals surface area contributed by atoms with Crippen molar-refractivity contribution in [2.45, 2.75) is 38.1 Å². The molecule has 116 valence electrons. The van der Waals surface area contributed by atoms with Crippen molar-refractivity contribution < 1.29 is 4.74 Å². The van der Waals surface area contributed by atoms with E-state index in [0.29, 0.717) is 11.3 Å². The van der Waals surface area contributed by atoms with E-state index in [4.69, 9.17) is 10.5 Å². The van der Waals surface area contributed by atoms with Crippen molar-refractivity contribution in [3.8, 4) is 0 Å². The van der Waals surface area contributed by atoms with Gasteiger partial charge < -0.3 is 15.4 Å². The van der Waals surface area contributed by atoms with Crippen LogP contribution in [0.1, 0.15) is 37.7 Å². The zero-order chi connectivity index (χ0) is 14.7. The predicted octanol–water partition coefficient (Wildman–Crippen LogP) is 2.62. The van der Waals surface area contributed by atoms with E-state index in [1.807, 2.05) is 0 Å². The Labute approximate surface area is 128 Å². The van der Waals surface area contributed by atoms with E-state index in [0.717, 1.165) is 26.3 Å². The number of nitrogens with zero attached hydrogens (tertiary/aromatic N) is 1. The van der Waals surface area contributed by atoms with Crippen LogP contribution in [0.4, 0.5) is 0 Å². The average Bonchev–Trinajstić information content (AvgIpc) is 2.89. The Hall–Kier alpha value is -0.900. The third kappa shape index (κ3) is 3.31. The number of benzene rings is 1. The van der Waals surface area contributed by atoms with Gasteiger partial charge in [-0.1, -0.05) is 37.3 Å². The summed E-state index contributed by atoms with van der Waals surface area (Å²) in [6.45, 7) is 7.50. The number of rotatable bonds is 4. The first-order valence-corrected chi connectivity index (χ1v) is 8.33. The molecule has 2 atom stereocenters. The van der Waals surface area contributed by atoms with E-state index >= 15 is 0 Å². The van der Waals surface area contributed by atoms with Gasteiger partial charge in [0.05, 0.1) is 0 Å². The van der Waals surface area contributed by atoms with Gasteiger partial charge in [-0.25, -0.2) is 0 Å². The highest BCUT2D eigenvalue weighted by Gasteiger charge is 2.37. The molecule has 2 heterocycles. The SMILES string of the molecule is CCC1(CN2C[C@@H](N)[C@H](c3ccccc3)C2)CCOCC1. The van der Waals surface area contributed by atoms with Crippen LogP contribution in [0.25, 0.3) is 0 Å². The van der Waals surface area contributed by atoms with Gasteiger partial charge in [0.15, 0.2) is 0 Å². The summed E-state index contributed by atoms with van der Waals surface area (Å²) in [5.41, 5.74) is 8.27. The standard InChI is InChI=1S/C18H28N2O/c1-2-18(8-10-21-11-9-18)14-20-12-16(17(19)13-20)15-6-4-3-5-7-15/h3-7,16-17H,2,8-14,19H2,1H3/t16-,17+/m0/s1. The fourth-order valence-electron chi connectivity index (χ4n) is 4.00. The summed E-state index contributed by atoms with van der Waals surface area (Å²) in [4.78, 5) is 2.59. The molecule has 1 aromatic rings. The van der Waals surface area contributed by atoms with Gasteiger partial charge in [0.2, 0.25) is 0 Å². The molecule has 2 aliphatic rings. The first-order valence-electron chi connectivity index (χ1n) is 8.33. The summed E-state index contributed by atoms with van der Waals surface area (Å²) in [5.74, 6) is 0.486. The van der Waals surface area contributed by atoms with Crippen molar-refractivity contribution >= 4 is 0 Å². The maximum Gasteiger partial charge on any atom is 0.0471 e. The van der Waals surface area contributed by atoms with Gasteiger partial charge in [0.1, 0.15) is 0 Å². The molecule has 0 aromatic heterocycles. The molecule has 3 nitrogen and oxygen atoms in total. The Kier molecular flexibility index (Phi) is 4.63. The summed E-state index contributed by atoms with van der Waals surface area (Å²) < 4.78 is 5.56. The lowest BCUT2D eigenvalue weighted by atomic mass is 9.77. The Morgan fingerprint density at radius 3 is 2.57 bits per heavy atom. The highest BCUT2D eigenvalue weighted by atomic mass is 16.5. The first-order chi connectivity index (χ1) is 10.2. The van der Waals surface area contributed by atoms with E-state index in [9.17, 15) is 0 Å². The van der Waals surface area contributed by atoms with Crippen molar-refractivity contribution in [3.63, 3.8) is 0 Å². The zero-order valence-corrected chi connectivity index (χ0v) is 13.1. The number of hydrogen-bond acceptors (Lipinski definition) is 3. The zero-order valence-electron chi connectivity index (χ0n) is 13.1. The lowest BCUT2D eigenvalue weighted by molar-refractivity contribution is -0.00375. The lowest BCUT2D eigenvalue weighted by Crippen LogP contribution is -2.41. The van der Waals surface area contributed by atoms with Crippen LogP contribution >= 0.6 is 0 Å².